The average molecular weight is 444 g/mol. The molecule has 2 amide bonds. The molecule has 0 aliphatic carbocycles. The van der Waals surface area contributed by atoms with Crippen molar-refractivity contribution in [3.63, 3.8) is 0 Å². The topological polar surface area (TPSA) is 71.4 Å². The summed E-state index contributed by atoms with van der Waals surface area (Å²) < 4.78 is 10.4. The molecule has 8 heteroatoms. The summed E-state index contributed by atoms with van der Waals surface area (Å²) in [5, 5.41) is 8.21. The lowest BCUT2D eigenvalue weighted by atomic mass is 10.0. The number of ether oxygens (including phenoxy) is 2. The highest BCUT2D eigenvalue weighted by Crippen LogP contribution is 2.34. The van der Waals surface area contributed by atoms with E-state index in [0.29, 0.717) is 19.6 Å². The van der Waals surface area contributed by atoms with Crippen LogP contribution in [0.5, 0.6) is 5.75 Å². The Hall–Kier alpha value is -2.71. The van der Waals surface area contributed by atoms with Crippen LogP contribution < -0.4 is 4.74 Å². The molecule has 0 bridgehead atoms. The van der Waals surface area contributed by atoms with E-state index < -0.39 is 0 Å². The largest absolute Gasteiger partial charge is 0.497 e. The minimum atomic E-state index is -0.228. The molecular formula is C23H29N3O4S. The van der Waals surface area contributed by atoms with Gasteiger partial charge in [0.05, 0.1) is 30.3 Å². The molecule has 1 aliphatic rings. The normalized spacial score (nSPS) is 15.8. The molecule has 0 unspecified atom stereocenters. The number of hydrogen-bond acceptors (Lipinski definition) is 6. The number of nitrogens with zero attached hydrogens (tertiary/aromatic N) is 3. The van der Waals surface area contributed by atoms with Crippen molar-refractivity contribution in [1.29, 1.82) is 0 Å². The van der Waals surface area contributed by atoms with Gasteiger partial charge in [0.25, 0.3) is 5.91 Å². The zero-order valence-corrected chi connectivity index (χ0v) is 19.2. The molecule has 1 aromatic carbocycles. The lowest BCUT2D eigenvalue weighted by molar-refractivity contribution is -0.143. The van der Waals surface area contributed by atoms with Gasteiger partial charge in [-0.25, -0.2) is 5.01 Å². The Kier molecular flexibility index (Phi) is 7.81. The number of hydrogen-bond donors (Lipinski definition) is 0. The summed E-state index contributed by atoms with van der Waals surface area (Å²) in [5.74, 6) is 0.267. The lowest BCUT2D eigenvalue weighted by Crippen LogP contribution is -2.44. The number of methoxy groups -OCH3 is 2. The van der Waals surface area contributed by atoms with Crippen LogP contribution in [-0.4, -0.2) is 61.4 Å². The van der Waals surface area contributed by atoms with Crippen LogP contribution in [0.3, 0.4) is 0 Å². The maximum atomic E-state index is 13.3. The Balaban J connectivity index is 1.86. The van der Waals surface area contributed by atoms with Crippen molar-refractivity contribution in [2.45, 2.75) is 26.3 Å². The highest BCUT2D eigenvalue weighted by molar-refractivity contribution is 7.12. The molecule has 0 spiro atoms. The van der Waals surface area contributed by atoms with E-state index in [-0.39, 0.29) is 30.3 Å². The molecule has 0 radical (unpaired) electrons. The maximum absolute atomic E-state index is 13.3. The summed E-state index contributed by atoms with van der Waals surface area (Å²) in [7, 11) is 3.20. The molecule has 0 saturated carbocycles. The number of benzene rings is 1. The Labute approximate surface area is 187 Å². The lowest BCUT2D eigenvalue weighted by Gasteiger charge is -2.28. The zero-order valence-electron chi connectivity index (χ0n) is 18.4. The molecule has 3 rings (SSSR count). The molecule has 1 aromatic heterocycles. The first-order valence-electron chi connectivity index (χ1n) is 10.3. The smallest absolute Gasteiger partial charge is 0.262 e. The molecule has 166 valence electrons. The monoisotopic (exact) mass is 443 g/mol. The Morgan fingerprint density at radius 1 is 1.23 bits per heavy atom. The Morgan fingerprint density at radius 3 is 2.55 bits per heavy atom. The number of rotatable bonds is 9. The summed E-state index contributed by atoms with van der Waals surface area (Å²) in [6.45, 7) is 4.36. The zero-order chi connectivity index (χ0) is 22.4. The number of carbonyl (C=O) groups is 2. The molecule has 1 aliphatic heterocycles. The van der Waals surface area contributed by atoms with Gasteiger partial charge in [0.2, 0.25) is 5.91 Å². The van der Waals surface area contributed by atoms with Crippen molar-refractivity contribution in [3.05, 3.63) is 52.2 Å². The first-order valence-corrected chi connectivity index (χ1v) is 11.2. The highest BCUT2D eigenvalue weighted by Gasteiger charge is 2.34. The van der Waals surface area contributed by atoms with Gasteiger partial charge < -0.3 is 14.4 Å². The predicted molar refractivity (Wildman–Crippen MR) is 121 cm³/mol. The van der Waals surface area contributed by atoms with Gasteiger partial charge in [-0.1, -0.05) is 32.0 Å². The third-order valence-electron chi connectivity index (χ3n) is 5.17. The van der Waals surface area contributed by atoms with Crippen LogP contribution in [0, 0.1) is 5.92 Å². The van der Waals surface area contributed by atoms with Crippen molar-refractivity contribution in [2.75, 3.05) is 33.9 Å². The number of hydrazone groups is 1. The van der Waals surface area contributed by atoms with Crippen molar-refractivity contribution in [1.82, 2.24) is 9.91 Å². The van der Waals surface area contributed by atoms with Gasteiger partial charge in [-0.15, -0.1) is 11.3 Å². The van der Waals surface area contributed by atoms with E-state index in [0.717, 1.165) is 21.9 Å². The third-order valence-corrected chi connectivity index (χ3v) is 6.09. The summed E-state index contributed by atoms with van der Waals surface area (Å²) in [4.78, 5) is 28.6. The molecule has 0 N–H and O–H groups in total. The number of amides is 2. The highest BCUT2D eigenvalue weighted by atomic mass is 32.1. The second kappa shape index (κ2) is 10.5. The molecule has 0 saturated heterocycles. The molecule has 2 aromatic rings. The standard InChI is InChI=1S/C23H29N3O4S/c1-16(2)23(28)25(11-12-29-3)15-22(27)26-20(17-7-9-18(30-4)10-8-17)14-19(24-26)21-6-5-13-31-21/h5-10,13,16,20H,11-12,14-15H2,1-4H3/t20-/m0/s1. The van der Waals surface area contributed by atoms with Gasteiger partial charge in [0.1, 0.15) is 12.3 Å². The van der Waals surface area contributed by atoms with Gasteiger partial charge in [0, 0.05) is 26.0 Å². The predicted octanol–water partition coefficient (Wildman–Crippen LogP) is 3.57. The van der Waals surface area contributed by atoms with Crippen LogP contribution in [0.4, 0.5) is 0 Å². The molecule has 2 heterocycles. The minimum absolute atomic E-state index is 0.0335. The Morgan fingerprint density at radius 2 is 1.97 bits per heavy atom. The fourth-order valence-electron chi connectivity index (χ4n) is 3.49. The van der Waals surface area contributed by atoms with E-state index in [2.05, 4.69) is 5.10 Å². The minimum Gasteiger partial charge on any atom is -0.497 e. The quantitative estimate of drug-likeness (QED) is 0.594. The van der Waals surface area contributed by atoms with Gasteiger partial charge >= 0.3 is 0 Å². The maximum Gasteiger partial charge on any atom is 0.262 e. The van der Waals surface area contributed by atoms with Crippen LogP contribution in [0.1, 0.15) is 36.8 Å². The van der Waals surface area contributed by atoms with E-state index in [4.69, 9.17) is 9.47 Å². The van der Waals surface area contributed by atoms with Crippen molar-refractivity contribution >= 4 is 28.9 Å². The number of thiophene rings is 1. The second-order valence-corrected chi connectivity index (χ2v) is 8.61. The summed E-state index contributed by atoms with van der Waals surface area (Å²) in [6, 6.07) is 11.4. The fraction of sp³-hybridized carbons (Fsp3) is 0.435. The molecule has 0 fully saturated rings. The summed E-state index contributed by atoms with van der Waals surface area (Å²) >= 11 is 1.60. The van der Waals surface area contributed by atoms with Crippen molar-refractivity contribution in [2.24, 2.45) is 11.0 Å². The summed E-state index contributed by atoms with van der Waals surface area (Å²) in [6.07, 6.45) is 0.620. The van der Waals surface area contributed by atoms with Gasteiger partial charge in [-0.3, -0.25) is 9.59 Å². The van der Waals surface area contributed by atoms with Gasteiger partial charge in [-0.2, -0.15) is 5.10 Å². The van der Waals surface area contributed by atoms with Crippen LogP contribution >= 0.6 is 11.3 Å². The van der Waals surface area contributed by atoms with Gasteiger partial charge in [-0.05, 0) is 29.1 Å². The van der Waals surface area contributed by atoms with Crippen molar-refractivity contribution < 1.29 is 19.1 Å². The van der Waals surface area contributed by atoms with Gasteiger partial charge in [0.15, 0.2) is 0 Å². The van der Waals surface area contributed by atoms with E-state index >= 15 is 0 Å². The van der Waals surface area contributed by atoms with Crippen LogP contribution in [-0.2, 0) is 14.3 Å². The number of carbonyl (C=O) groups excluding carboxylic acids is 2. The van der Waals surface area contributed by atoms with E-state index in [1.807, 2.05) is 55.6 Å². The first kappa shape index (κ1) is 23.0. The molecule has 7 nitrogen and oxygen atoms in total. The summed E-state index contributed by atoms with van der Waals surface area (Å²) in [5.41, 5.74) is 1.85. The molecule has 31 heavy (non-hydrogen) atoms. The molecule has 1 atom stereocenters. The van der Waals surface area contributed by atoms with Crippen molar-refractivity contribution in [3.8, 4) is 5.75 Å². The van der Waals surface area contributed by atoms with Crippen LogP contribution in [0.15, 0.2) is 46.9 Å². The van der Waals surface area contributed by atoms with E-state index in [1.54, 1.807) is 30.5 Å². The fourth-order valence-corrected chi connectivity index (χ4v) is 4.21. The Bertz CT molecular complexity index is 909. The van der Waals surface area contributed by atoms with Crippen LogP contribution in [0.25, 0.3) is 0 Å². The average Bonchev–Trinajstić information content (AvgIpc) is 3.46. The van der Waals surface area contributed by atoms with Crippen LogP contribution in [0.2, 0.25) is 0 Å². The first-order chi connectivity index (χ1) is 14.9. The SMILES string of the molecule is COCCN(CC(=O)N1N=C(c2cccs2)C[C@H]1c1ccc(OC)cc1)C(=O)C(C)C. The van der Waals surface area contributed by atoms with E-state index in [1.165, 1.54) is 5.01 Å². The molecular weight excluding hydrogens is 414 g/mol. The van der Waals surface area contributed by atoms with E-state index in [9.17, 15) is 9.59 Å². The second-order valence-electron chi connectivity index (χ2n) is 7.66. The third kappa shape index (κ3) is 5.51.